The number of para-hydroxylation sites is 1. The minimum absolute atomic E-state index is 0.195. The standard InChI is InChI=1S/C29H39ClN4O2/c1-5-6-11-22-33-23-24(20-9-7-8-10-21(20)32-25(23)30)34(22)19-29-15-12-28(13-16-29,14-17-29)18-31-26(35)36-27(2,3)4/h7-10H,5-6,11-19H2,1-4H3,(H,31,35). The molecule has 6 rings (SSSR count). The molecule has 1 N–H and O–H groups in total. The van der Waals surface area contributed by atoms with Gasteiger partial charge in [0.2, 0.25) is 0 Å². The molecule has 194 valence electrons. The number of benzene rings is 1. The second-order valence-corrected chi connectivity index (χ2v) is 12.5. The number of ether oxygens (including phenoxy) is 1. The van der Waals surface area contributed by atoms with Gasteiger partial charge in [-0.3, -0.25) is 0 Å². The molecule has 0 saturated heterocycles. The third kappa shape index (κ3) is 4.93. The third-order valence-electron chi connectivity index (χ3n) is 8.43. The minimum atomic E-state index is -0.471. The average Bonchev–Trinajstić information content (AvgIpc) is 3.20. The molecule has 3 aromatic rings. The number of nitrogens with zero attached hydrogens (tertiary/aromatic N) is 3. The van der Waals surface area contributed by atoms with Crippen LogP contribution in [0.25, 0.3) is 21.9 Å². The molecule has 1 amide bonds. The highest BCUT2D eigenvalue weighted by Gasteiger charge is 2.49. The van der Waals surface area contributed by atoms with Gasteiger partial charge in [0.25, 0.3) is 0 Å². The third-order valence-corrected chi connectivity index (χ3v) is 8.69. The van der Waals surface area contributed by atoms with Crippen molar-refractivity contribution in [3.8, 4) is 0 Å². The number of nitrogens with one attached hydrogen (secondary N) is 1. The highest BCUT2D eigenvalue weighted by molar-refractivity contribution is 6.35. The van der Waals surface area contributed by atoms with E-state index >= 15 is 0 Å². The van der Waals surface area contributed by atoms with Crippen LogP contribution in [-0.4, -0.2) is 32.8 Å². The molecule has 0 atom stereocenters. The lowest BCUT2D eigenvalue weighted by Crippen LogP contribution is -2.49. The molecule has 0 spiro atoms. The zero-order chi connectivity index (χ0) is 25.6. The van der Waals surface area contributed by atoms with Crippen LogP contribution >= 0.6 is 11.6 Å². The quantitative estimate of drug-likeness (QED) is 0.335. The summed E-state index contributed by atoms with van der Waals surface area (Å²) in [6.45, 7) is 9.62. The molecule has 0 radical (unpaired) electrons. The molecule has 2 heterocycles. The molecular formula is C29H39ClN4O2. The van der Waals surface area contributed by atoms with Gasteiger partial charge in [0.1, 0.15) is 16.9 Å². The summed E-state index contributed by atoms with van der Waals surface area (Å²) < 4.78 is 7.96. The number of aromatic nitrogens is 3. The number of imidazole rings is 1. The van der Waals surface area contributed by atoms with Gasteiger partial charge in [0.05, 0.1) is 11.0 Å². The van der Waals surface area contributed by atoms with E-state index in [4.69, 9.17) is 21.3 Å². The van der Waals surface area contributed by atoms with Gasteiger partial charge in [-0.15, -0.1) is 0 Å². The number of aryl methyl sites for hydroxylation is 1. The summed E-state index contributed by atoms with van der Waals surface area (Å²) in [6, 6.07) is 8.28. The van der Waals surface area contributed by atoms with Gasteiger partial charge < -0.3 is 14.6 Å². The van der Waals surface area contributed by atoms with Crippen LogP contribution in [0.2, 0.25) is 5.15 Å². The maximum absolute atomic E-state index is 12.3. The fraction of sp³-hybridized carbons (Fsp3) is 0.621. The van der Waals surface area contributed by atoms with E-state index in [1.54, 1.807) is 0 Å². The molecule has 36 heavy (non-hydrogen) atoms. The summed E-state index contributed by atoms with van der Waals surface area (Å²) in [7, 11) is 0. The fourth-order valence-electron chi connectivity index (χ4n) is 6.29. The number of carbonyl (C=O) groups is 1. The summed E-state index contributed by atoms with van der Waals surface area (Å²) in [5.74, 6) is 1.13. The number of rotatable bonds is 7. The van der Waals surface area contributed by atoms with Crippen LogP contribution in [0.1, 0.15) is 84.9 Å². The lowest BCUT2D eigenvalue weighted by atomic mass is 9.53. The molecule has 0 unspecified atom stereocenters. The predicted octanol–water partition coefficient (Wildman–Crippen LogP) is 7.45. The molecular weight excluding hydrogens is 472 g/mol. The van der Waals surface area contributed by atoms with E-state index in [2.05, 4.69) is 33.9 Å². The number of pyridine rings is 1. The van der Waals surface area contributed by atoms with Crippen molar-refractivity contribution in [2.45, 2.75) is 97.6 Å². The normalized spacial score (nSPS) is 23.9. The van der Waals surface area contributed by atoms with E-state index in [1.165, 1.54) is 19.3 Å². The Morgan fingerprint density at radius 1 is 1.08 bits per heavy atom. The van der Waals surface area contributed by atoms with Crippen molar-refractivity contribution < 1.29 is 9.53 Å². The first kappa shape index (κ1) is 25.3. The monoisotopic (exact) mass is 510 g/mol. The van der Waals surface area contributed by atoms with Crippen molar-refractivity contribution in [2.75, 3.05) is 6.54 Å². The van der Waals surface area contributed by atoms with Crippen molar-refractivity contribution in [1.82, 2.24) is 19.9 Å². The lowest BCUT2D eigenvalue weighted by molar-refractivity contribution is -0.0206. The van der Waals surface area contributed by atoms with E-state index in [9.17, 15) is 4.79 Å². The van der Waals surface area contributed by atoms with Crippen LogP contribution in [-0.2, 0) is 17.7 Å². The van der Waals surface area contributed by atoms with Crippen molar-refractivity contribution >= 4 is 39.6 Å². The smallest absolute Gasteiger partial charge is 0.407 e. The highest BCUT2D eigenvalue weighted by Crippen LogP contribution is 2.57. The zero-order valence-electron chi connectivity index (χ0n) is 22.1. The molecule has 2 bridgehead atoms. The zero-order valence-corrected chi connectivity index (χ0v) is 22.9. The first-order valence-corrected chi connectivity index (χ1v) is 13.9. The van der Waals surface area contributed by atoms with Crippen LogP contribution in [0.3, 0.4) is 0 Å². The molecule has 6 nitrogen and oxygen atoms in total. The van der Waals surface area contributed by atoms with Crippen molar-refractivity contribution in [1.29, 1.82) is 0 Å². The Labute approximate surface area is 219 Å². The van der Waals surface area contributed by atoms with Crippen LogP contribution < -0.4 is 5.32 Å². The summed E-state index contributed by atoms with van der Waals surface area (Å²) in [5, 5.41) is 4.70. The number of unbranched alkanes of at least 4 members (excludes halogenated alkanes) is 1. The molecule has 3 aliphatic carbocycles. The average molecular weight is 511 g/mol. The minimum Gasteiger partial charge on any atom is -0.444 e. The largest absolute Gasteiger partial charge is 0.444 e. The topological polar surface area (TPSA) is 69.0 Å². The molecule has 0 aliphatic heterocycles. The van der Waals surface area contributed by atoms with Crippen LogP contribution in [0.5, 0.6) is 0 Å². The Balaban J connectivity index is 1.40. The molecule has 1 aromatic carbocycles. The first-order valence-electron chi connectivity index (χ1n) is 13.5. The van der Waals surface area contributed by atoms with Gasteiger partial charge in [0.15, 0.2) is 5.15 Å². The van der Waals surface area contributed by atoms with Gasteiger partial charge in [-0.1, -0.05) is 43.1 Å². The fourth-order valence-corrected chi connectivity index (χ4v) is 6.52. The Hall–Kier alpha value is -2.34. The lowest BCUT2D eigenvalue weighted by Gasteiger charge is -2.54. The maximum atomic E-state index is 12.3. The SMILES string of the molecule is CCCCc1nc2c(Cl)nc3ccccc3c2n1CC12CCC(CNC(=O)OC(C)(C)C)(CC1)CC2. The van der Waals surface area contributed by atoms with Crippen LogP contribution in [0.4, 0.5) is 4.79 Å². The number of hydrogen-bond donors (Lipinski definition) is 1. The molecule has 3 fully saturated rings. The van der Waals surface area contributed by atoms with Gasteiger partial charge in [-0.2, -0.15) is 0 Å². The van der Waals surface area contributed by atoms with E-state index < -0.39 is 5.60 Å². The van der Waals surface area contributed by atoms with E-state index in [-0.39, 0.29) is 16.9 Å². The van der Waals surface area contributed by atoms with E-state index in [1.807, 2.05) is 32.9 Å². The van der Waals surface area contributed by atoms with Gasteiger partial charge in [-0.25, -0.2) is 14.8 Å². The molecule has 3 saturated carbocycles. The molecule has 7 heteroatoms. The number of hydrogen-bond acceptors (Lipinski definition) is 4. The predicted molar refractivity (Wildman–Crippen MR) is 145 cm³/mol. The van der Waals surface area contributed by atoms with Crippen molar-refractivity contribution in [3.05, 3.63) is 35.2 Å². The van der Waals surface area contributed by atoms with Gasteiger partial charge in [0, 0.05) is 24.9 Å². The molecule has 3 aliphatic rings. The number of carbonyl (C=O) groups excluding carboxylic acids is 1. The first-order chi connectivity index (χ1) is 17.1. The maximum Gasteiger partial charge on any atom is 0.407 e. The van der Waals surface area contributed by atoms with Crippen LogP contribution in [0.15, 0.2) is 24.3 Å². The summed E-state index contributed by atoms with van der Waals surface area (Å²) >= 11 is 6.66. The summed E-state index contributed by atoms with van der Waals surface area (Å²) in [6.07, 6.45) is 9.84. The second-order valence-electron chi connectivity index (χ2n) is 12.2. The Morgan fingerprint density at radius 2 is 1.75 bits per heavy atom. The van der Waals surface area contributed by atoms with Crippen LogP contribution in [0, 0.1) is 10.8 Å². The number of halogens is 1. The van der Waals surface area contributed by atoms with E-state index in [0.29, 0.717) is 11.7 Å². The Kier molecular flexibility index (Phi) is 6.69. The van der Waals surface area contributed by atoms with Crippen molar-refractivity contribution in [2.24, 2.45) is 10.8 Å². The van der Waals surface area contributed by atoms with Gasteiger partial charge in [-0.05, 0) is 82.6 Å². The Bertz CT molecular complexity index is 1250. The van der Waals surface area contributed by atoms with E-state index in [0.717, 1.165) is 72.8 Å². The molecule has 2 aromatic heterocycles. The highest BCUT2D eigenvalue weighted by atomic mass is 35.5. The Morgan fingerprint density at radius 3 is 2.42 bits per heavy atom. The van der Waals surface area contributed by atoms with Gasteiger partial charge >= 0.3 is 6.09 Å². The van der Waals surface area contributed by atoms with Crippen molar-refractivity contribution in [3.63, 3.8) is 0 Å². The summed E-state index contributed by atoms with van der Waals surface area (Å²) in [4.78, 5) is 22.0. The second kappa shape index (κ2) is 9.51. The number of fused-ring (bicyclic) bond motifs is 6. The number of alkyl carbamates (subject to hydrolysis) is 1. The summed E-state index contributed by atoms with van der Waals surface area (Å²) in [5.41, 5.74) is 2.89. The number of amides is 1.